The van der Waals surface area contributed by atoms with E-state index in [1.807, 2.05) is 0 Å². The molecule has 1 amide bonds. The van der Waals surface area contributed by atoms with Gasteiger partial charge in [0.1, 0.15) is 12.4 Å². The molecule has 0 bridgehead atoms. The van der Waals surface area contributed by atoms with Crippen LogP contribution in [0.1, 0.15) is 12.5 Å². The summed E-state index contributed by atoms with van der Waals surface area (Å²) in [6, 6.07) is 17.2. The van der Waals surface area contributed by atoms with Gasteiger partial charge in [0.2, 0.25) is 0 Å². The molecule has 0 unspecified atom stereocenters. The number of hydrogen-bond acceptors (Lipinski definition) is 7. The van der Waals surface area contributed by atoms with Gasteiger partial charge in [0.15, 0.2) is 9.84 Å². The molecule has 0 radical (unpaired) electrons. The van der Waals surface area contributed by atoms with Gasteiger partial charge in [-0.05, 0) is 67.1 Å². The van der Waals surface area contributed by atoms with Crippen molar-refractivity contribution in [1.29, 1.82) is 0 Å². The Morgan fingerprint density at radius 3 is 2.39 bits per heavy atom. The zero-order valence-corrected chi connectivity index (χ0v) is 20.7. The molecule has 1 heterocycles. The monoisotopic (exact) mass is 525 g/mol. The third-order valence-corrected chi connectivity index (χ3v) is 6.76. The zero-order chi connectivity index (χ0) is 26.0. The number of hydrogen-bond donors (Lipinski definition) is 1. The molecule has 3 aromatic carbocycles. The third-order valence-electron chi connectivity index (χ3n) is 5.40. The SMILES string of the molecule is C/C(=N/NC(=O)Cn1c(-c2ccc(S(C)(=O)=O)cc2)nc2cc(Cl)ccc21)c1ccc([N+](=O)[O-])cc1. The van der Waals surface area contributed by atoms with E-state index in [2.05, 4.69) is 15.5 Å². The molecular weight excluding hydrogens is 506 g/mol. The smallest absolute Gasteiger partial charge is 0.269 e. The quantitative estimate of drug-likeness (QED) is 0.218. The van der Waals surface area contributed by atoms with Crippen molar-refractivity contribution in [3.8, 4) is 11.4 Å². The first-order valence-corrected chi connectivity index (χ1v) is 12.8. The van der Waals surface area contributed by atoms with E-state index in [1.54, 1.807) is 54.0 Å². The Labute approximate surface area is 211 Å². The number of carbonyl (C=O) groups is 1. The van der Waals surface area contributed by atoms with Crippen LogP contribution >= 0.6 is 11.6 Å². The molecule has 1 N–H and O–H groups in total. The van der Waals surface area contributed by atoms with Crippen molar-refractivity contribution >= 4 is 49.8 Å². The third kappa shape index (κ3) is 5.42. The van der Waals surface area contributed by atoms with Gasteiger partial charge in [-0.25, -0.2) is 18.8 Å². The highest BCUT2D eigenvalue weighted by Crippen LogP contribution is 2.27. The number of amides is 1. The predicted octanol–water partition coefficient (Wildman–Crippen LogP) is 4.21. The average Bonchev–Trinajstić information content (AvgIpc) is 3.19. The van der Waals surface area contributed by atoms with Crippen LogP contribution in [0.5, 0.6) is 0 Å². The normalized spacial score (nSPS) is 12.0. The standard InChI is InChI=1S/C24H20ClN5O5S/c1-15(16-3-8-19(9-4-16)30(32)33)27-28-23(31)14-29-22-12-7-18(25)13-21(22)26-24(29)17-5-10-20(11-6-17)36(2,34)35/h3-13H,14H2,1-2H3,(H,28,31)/b27-15-. The Bertz CT molecular complexity index is 1610. The van der Waals surface area contributed by atoms with Crippen LogP contribution in [0.4, 0.5) is 5.69 Å². The number of nitrogens with zero attached hydrogens (tertiary/aromatic N) is 4. The maximum Gasteiger partial charge on any atom is 0.269 e. The molecule has 0 spiro atoms. The fourth-order valence-corrected chi connectivity index (χ4v) is 4.35. The molecule has 0 atom stereocenters. The zero-order valence-electron chi connectivity index (χ0n) is 19.2. The van der Waals surface area contributed by atoms with Gasteiger partial charge >= 0.3 is 0 Å². The number of aromatic nitrogens is 2. The number of imidazole rings is 1. The molecule has 36 heavy (non-hydrogen) atoms. The van der Waals surface area contributed by atoms with Crippen molar-refractivity contribution in [2.75, 3.05) is 6.26 Å². The largest absolute Gasteiger partial charge is 0.314 e. The number of carbonyl (C=O) groups excluding carboxylic acids is 1. The lowest BCUT2D eigenvalue weighted by atomic mass is 10.1. The lowest BCUT2D eigenvalue weighted by Crippen LogP contribution is -2.24. The van der Waals surface area contributed by atoms with Crippen LogP contribution in [0.2, 0.25) is 5.02 Å². The molecule has 1 aromatic heterocycles. The average molecular weight is 526 g/mol. The van der Waals surface area contributed by atoms with Crippen LogP contribution in [0.3, 0.4) is 0 Å². The van der Waals surface area contributed by atoms with Crippen LogP contribution in [0.15, 0.2) is 76.7 Å². The van der Waals surface area contributed by atoms with E-state index in [9.17, 15) is 23.3 Å². The van der Waals surface area contributed by atoms with E-state index in [1.165, 1.54) is 24.3 Å². The summed E-state index contributed by atoms with van der Waals surface area (Å²) in [5.74, 6) is 0.0260. The van der Waals surface area contributed by atoms with E-state index in [0.29, 0.717) is 38.7 Å². The van der Waals surface area contributed by atoms with Gasteiger partial charge in [-0.2, -0.15) is 5.10 Å². The van der Waals surface area contributed by atoms with Crippen molar-refractivity contribution in [2.24, 2.45) is 5.10 Å². The first-order valence-electron chi connectivity index (χ1n) is 10.6. The lowest BCUT2D eigenvalue weighted by Gasteiger charge is -2.09. The number of benzene rings is 3. The first kappa shape index (κ1) is 25.0. The maximum absolute atomic E-state index is 12.8. The minimum absolute atomic E-state index is 0.0419. The second kappa shape index (κ2) is 9.88. The molecule has 4 rings (SSSR count). The van der Waals surface area contributed by atoms with E-state index >= 15 is 0 Å². The summed E-state index contributed by atoms with van der Waals surface area (Å²) < 4.78 is 25.3. The second-order valence-electron chi connectivity index (χ2n) is 7.99. The Balaban J connectivity index is 1.62. The fraction of sp³-hybridized carbons (Fsp3) is 0.125. The van der Waals surface area contributed by atoms with Crippen LogP contribution in [-0.2, 0) is 21.2 Å². The number of nitrogens with one attached hydrogen (secondary N) is 1. The van der Waals surface area contributed by atoms with Gasteiger partial charge in [-0.1, -0.05) is 11.6 Å². The minimum Gasteiger partial charge on any atom is -0.314 e. The number of fused-ring (bicyclic) bond motifs is 1. The molecule has 0 aliphatic heterocycles. The molecule has 0 saturated carbocycles. The molecule has 10 nitrogen and oxygen atoms in total. The fourth-order valence-electron chi connectivity index (χ4n) is 3.55. The molecular formula is C24H20ClN5O5S. The van der Waals surface area contributed by atoms with Crippen molar-refractivity contribution in [3.05, 3.63) is 87.4 Å². The van der Waals surface area contributed by atoms with Gasteiger partial charge in [-0.15, -0.1) is 0 Å². The number of hydrazone groups is 1. The molecule has 12 heteroatoms. The van der Waals surface area contributed by atoms with Crippen molar-refractivity contribution < 1.29 is 18.1 Å². The highest BCUT2D eigenvalue weighted by Gasteiger charge is 2.17. The summed E-state index contributed by atoms with van der Waals surface area (Å²) in [5, 5.41) is 15.4. The van der Waals surface area contributed by atoms with E-state index in [-0.39, 0.29) is 17.1 Å². The number of non-ortho nitro benzene ring substituents is 1. The highest BCUT2D eigenvalue weighted by atomic mass is 35.5. The van der Waals surface area contributed by atoms with Crippen LogP contribution in [0.25, 0.3) is 22.4 Å². The Kier molecular flexibility index (Phi) is 6.86. The number of halogens is 1. The summed E-state index contributed by atoms with van der Waals surface area (Å²) in [6.07, 6.45) is 1.13. The number of nitro benzene ring substituents is 1. The van der Waals surface area contributed by atoms with Gasteiger partial charge in [0.25, 0.3) is 11.6 Å². The highest BCUT2D eigenvalue weighted by molar-refractivity contribution is 7.90. The molecule has 0 fully saturated rings. The molecule has 0 aliphatic rings. The van der Waals surface area contributed by atoms with Crippen LogP contribution in [0, 0.1) is 10.1 Å². The summed E-state index contributed by atoms with van der Waals surface area (Å²) in [4.78, 5) is 27.9. The maximum atomic E-state index is 12.8. The number of nitro groups is 1. The van der Waals surface area contributed by atoms with Crippen molar-refractivity contribution in [2.45, 2.75) is 18.4 Å². The lowest BCUT2D eigenvalue weighted by molar-refractivity contribution is -0.384. The van der Waals surface area contributed by atoms with E-state index < -0.39 is 20.7 Å². The second-order valence-corrected chi connectivity index (χ2v) is 10.4. The van der Waals surface area contributed by atoms with Gasteiger partial charge in [0, 0.05) is 29.0 Å². The summed E-state index contributed by atoms with van der Waals surface area (Å²) in [7, 11) is -3.36. The number of sulfone groups is 1. The predicted molar refractivity (Wildman–Crippen MR) is 137 cm³/mol. The molecule has 0 aliphatic carbocycles. The molecule has 4 aromatic rings. The van der Waals surface area contributed by atoms with Gasteiger partial charge in [-0.3, -0.25) is 14.9 Å². The van der Waals surface area contributed by atoms with Crippen molar-refractivity contribution in [1.82, 2.24) is 15.0 Å². The minimum atomic E-state index is -3.36. The summed E-state index contributed by atoms with van der Waals surface area (Å²) in [5.41, 5.74) is 5.40. The van der Waals surface area contributed by atoms with Crippen molar-refractivity contribution in [3.63, 3.8) is 0 Å². The van der Waals surface area contributed by atoms with Crippen LogP contribution in [-0.4, -0.2) is 40.8 Å². The Morgan fingerprint density at radius 2 is 1.78 bits per heavy atom. The molecule has 184 valence electrons. The van der Waals surface area contributed by atoms with E-state index in [0.717, 1.165) is 6.26 Å². The van der Waals surface area contributed by atoms with E-state index in [4.69, 9.17) is 11.6 Å². The topological polar surface area (TPSA) is 137 Å². The van der Waals surface area contributed by atoms with Gasteiger partial charge in [0.05, 0.1) is 26.6 Å². The first-order chi connectivity index (χ1) is 17.0. The summed E-state index contributed by atoms with van der Waals surface area (Å²) in [6.45, 7) is 1.54. The molecule has 0 saturated heterocycles. The van der Waals surface area contributed by atoms with Crippen LogP contribution < -0.4 is 5.43 Å². The van der Waals surface area contributed by atoms with Gasteiger partial charge < -0.3 is 4.57 Å². The number of rotatable bonds is 7. The Hall–Kier alpha value is -4.09. The summed E-state index contributed by atoms with van der Waals surface area (Å²) >= 11 is 6.12. The Morgan fingerprint density at radius 1 is 1.11 bits per heavy atom.